The molecule has 0 unspecified atom stereocenters. The molecular weight excluding hydrogens is 240 g/mol. The van der Waals surface area contributed by atoms with Gasteiger partial charge in [-0.15, -0.1) is 0 Å². The normalized spacial score (nSPS) is 10.4. The molecule has 6 heteroatoms. The second-order valence-corrected chi connectivity index (χ2v) is 3.36. The molecule has 0 bridgehead atoms. The molecule has 0 aromatic carbocycles. The highest BCUT2D eigenvalue weighted by Gasteiger charge is 1.92. The van der Waals surface area contributed by atoms with E-state index in [1.54, 1.807) is 0 Å². The Kier molecular flexibility index (Phi) is 15.4. The molecule has 0 rings (SSSR count). The first-order valence-corrected chi connectivity index (χ1v) is 6.10. The van der Waals surface area contributed by atoms with E-state index < -0.39 is 0 Å². The van der Waals surface area contributed by atoms with E-state index in [0.717, 1.165) is 12.6 Å². The highest BCUT2D eigenvalue weighted by atomic mass is 16.6. The highest BCUT2D eigenvalue weighted by Crippen LogP contribution is 1.84. The van der Waals surface area contributed by atoms with Gasteiger partial charge in [-0.25, -0.2) is 0 Å². The SMILES string of the molecule is O=CCCOCCOCCOCCOCCC=O. The average molecular weight is 262 g/mol. The Balaban J connectivity index is 2.90. The number of hydrogen-bond acceptors (Lipinski definition) is 6. The summed E-state index contributed by atoms with van der Waals surface area (Å²) in [6, 6.07) is 0. The molecule has 0 atom stereocenters. The van der Waals surface area contributed by atoms with Crippen molar-refractivity contribution in [1.29, 1.82) is 0 Å². The Hall–Kier alpha value is -0.820. The molecule has 18 heavy (non-hydrogen) atoms. The van der Waals surface area contributed by atoms with E-state index in [-0.39, 0.29) is 0 Å². The summed E-state index contributed by atoms with van der Waals surface area (Å²) < 4.78 is 20.7. The molecule has 0 saturated heterocycles. The van der Waals surface area contributed by atoms with Gasteiger partial charge in [0.2, 0.25) is 0 Å². The van der Waals surface area contributed by atoms with Crippen molar-refractivity contribution in [2.45, 2.75) is 12.8 Å². The van der Waals surface area contributed by atoms with Crippen molar-refractivity contribution in [2.75, 3.05) is 52.9 Å². The van der Waals surface area contributed by atoms with Crippen molar-refractivity contribution in [3.63, 3.8) is 0 Å². The zero-order chi connectivity index (χ0) is 13.3. The van der Waals surface area contributed by atoms with Gasteiger partial charge in [0.25, 0.3) is 0 Å². The first-order chi connectivity index (χ1) is 8.91. The van der Waals surface area contributed by atoms with Crippen LogP contribution < -0.4 is 0 Å². The Morgan fingerprint density at radius 3 is 1.06 bits per heavy atom. The largest absolute Gasteiger partial charge is 0.379 e. The summed E-state index contributed by atoms with van der Waals surface area (Å²) in [5.41, 5.74) is 0. The van der Waals surface area contributed by atoms with Crippen LogP contribution in [0.5, 0.6) is 0 Å². The Morgan fingerprint density at radius 2 is 0.778 bits per heavy atom. The van der Waals surface area contributed by atoms with Crippen LogP contribution in [0.3, 0.4) is 0 Å². The van der Waals surface area contributed by atoms with E-state index in [2.05, 4.69) is 0 Å². The van der Waals surface area contributed by atoms with Crippen LogP contribution in [-0.4, -0.2) is 65.4 Å². The van der Waals surface area contributed by atoms with E-state index in [0.29, 0.717) is 65.7 Å². The Bertz CT molecular complexity index is 165. The molecule has 0 aromatic rings. The highest BCUT2D eigenvalue weighted by molar-refractivity contribution is 5.49. The van der Waals surface area contributed by atoms with Gasteiger partial charge in [-0.3, -0.25) is 0 Å². The van der Waals surface area contributed by atoms with E-state index in [4.69, 9.17) is 18.9 Å². The smallest absolute Gasteiger partial charge is 0.122 e. The van der Waals surface area contributed by atoms with Gasteiger partial charge in [-0.2, -0.15) is 0 Å². The summed E-state index contributed by atoms with van der Waals surface area (Å²) >= 11 is 0. The van der Waals surface area contributed by atoms with Crippen LogP contribution in [0.4, 0.5) is 0 Å². The molecule has 0 radical (unpaired) electrons. The minimum Gasteiger partial charge on any atom is -0.379 e. The van der Waals surface area contributed by atoms with E-state index in [1.165, 1.54) is 0 Å². The summed E-state index contributed by atoms with van der Waals surface area (Å²) in [7, 11) is 0. The molecule has 0 fully saturated rings. The van der Waals surface area contributed by atoms with Crippen LogP contribution >= 0.6 is 0 Å². The quantitative estimate of drug-likeness (QED) is 0.311. The summed E-state index contributed by atoms with van der Waals surface area (Å²) in [6.07, 6.45) is 2.50. The van der Waals surface area contributed by atoms with Gasteiger partial charge in [-0.05, 0) is 0 Å². The third kappa shape index (κ3) is 15.2. The number of ether oxygens (including phenoxy) is 4. The van der Waals surface area contributed by atoms with E-state index in [1.807, 2.05) is 0 Å². The Morgan fingerprint density at radius 1 is 0.500 bits per heavy atom. The molecule has 0 aliphatic carbocycles. The van der Waals surface area contributed by atoms with Gasteiger partial charge < -0.3 is 28.5 Å². The molecule has 0 aromatic heterocycles. The minimum absolute atomic E-state index is 0.424. The molecule has 6 nitrogen and oxygen atoms in total. The van der Waals surface area contributed by atoms with Gasteiger partial charge in [0.1, 0.15) is 12.6 Å². The fourth-order valence-corrected chi connectivity index (χ4v) is 1.02. The van der Waals surface area contributed by atoms with Crippen LogP contribution in [0.25, 0.3) is 0 Å². The third-order valence-electron chi connectivity index (χ3n) is 1.88. The third-order valence-corrected chi connectivity index (χ3v) is 1.88. The lowest BCUT2D eigenvalue weighted by Gasteiger charge is -2.06. The molecule has 0 N–H and O–H groups in total. The Labute approximate surface area is 108 Å². The lowest BCUT2D eigenvalue weighted by Crippen LogP contribution is -2.12. The van der Waals surface area contributed by atoms with Gasteiger partial charge in [0.05, 0.1) is 52.9 Å². The fraction of sp³-hybridized carbons (Fsp3) is 0.833. The molecule has 0 saturated carbocycles. The number of rotatable bonds is 15. The van der Waals surface area contributed by atoms with Crippen molar-refractivity contribution in [3.8, 4) is 0 Å². The van der Waals surface area contributed by atoms with Gasteiger partial charge in [0.15, 0.2) is 0 Å². The topological polar surface area (TPSA) is 71.1 Å². The predicted octanol–water partition coefficient (Wildman–Crippen LogP) is 0.231. The van der Waals surface area contributed by atoms with Crippen LogP contribution in [0.2, 0.25) is 0 Å². The lowest BCUT2D eigenvalue weighted by atomic mass is 10.5. The molecule has 0 amide bonds. The van der Waals surface area contributed by atoms with Crippen molar-refractivity contribution >= 4 is 12.6 Å². The maximum atomic E-state index is 9.97. The van der Waals surface area contributed by atoms with Crippen LogP contribution in [0.1, 0.15) is 12.8 Å². The van der Waals surface area contributed by atoms with Crippen molar-refractivity contribution < 1.29 is 28.5 Å². The predicted molar refractivity (Wildman–Crippen MR) is 64.6 cm³/mol. The van der Waals surface area contributed by atoms with Crippen molar-refractivity contribution in [1.82, 2.24) is 0 Å². The molecular formula is C12H22O6. The molecule has 0 aliphatic rings. The first-order valence-electron chi connectivity index (χ1n) is 6.10. The molecule has 0 aliphatic heterocycles. The summed E-state index contributed by atoms with van der Waals surface area (Å²) in [5, 5.41) is 0. The van der Waals surface area contributed by atoms with Crippen LogP contribution in [-0.2, 0) is 28.5 Å². The van der Waals surface area contributed by atoms with Gasteiger partial charge in [0, 0.05) is 12.8 Å². The second kappa shape index (κ2) is 16.2. The zero-order valence-corrected chi connectivity index (χ0v) is 10.7. The number of hydrogen-bond donors (Lipinski definition) is 0. The number of carbonyl (C=O) groups is 2. The molecule has 0 spiro atoms. The molecule has 0 heterocycles. The zero-order valence-electron chi connectivity index (χ0n) is 10.7. The maximum Gasteiger partial charge on any atom is 0.122 e. The first kappa shape index (κ1) is 17.2. The van der Waals surface area contributed by atoms with Gasteiger partial charge in [-0.1, -0.05) is 0 Å². The molecule has 106 valence electrons. The van der Waals surface area contributed by atoms with Crippen LogP contribution in [0.15, 0.2) is 0 Å². The summed E-state index contributed by atoms with van der Waals surface area (Å²) in [5.74, 6) is 0. The lowest BCUT2D eigenvalue weighted by molar-refractivity contribution is -0.109. The fourth-order valence-electron chi connectivity index (χ4n) is 1.02. The standard InChI is InChI=1S/C12H22O6/c13-3-1-5-15-7-9-17-11-12-18-10-8-16-6-2-4-14/h3-4H,1-2,5-12H2. The minimum atomic E-state index is 0.424. The maximum absolute atomic E-state index is 9.97. The number of carbonyl (C=O) groups excluding carboxylic acids is 2. The monoisotopic (exact) mass is 262 g/mol. The second-order valence-electron chi connectivity index (χ2n) is 3.36. The van der Waals surface area contributed by atoms with Gasteiger partial charge >= 0.3 is 0 Å². The van der Waals surface area contributed by atoms with Crippen LogP contribution in [0, 0.1) is 0 Å². The summed E-state index contributed by atoms with van der Waals surface area (Å²) in [6.45, 7) is 3.88. The van der Waals surface area contributed by atoms with E-state index >= 15 is 0 Å². The average Bonchev–Trinajstić information content (AvgIpc) is 2.39. The van der Waals surface area contributed by atoms with Crippen molar-refractivity contribution in [3.05, 3.63) is 0 Å². The summed E-state index contributed by atoms with van der Waals surface area (Å²) in [4.78, 5) is 19.9. The van der Waals surface area contributed by atoms with E-state index in [9.17, 15) is 9.59 Å². The van der Waals surface area contributed by atoms with Crippen molar-refractivity contribution in [2.24, 2.45) is 0 Å². The number of aldehydes is 2.